The molecule has 0 aromatic carbocycles. The van der Waals surface area contributed by atoms with Gasteiger partial charge in [-0.3, -0.25) is 4.79 Å². The van der Waals surface area contributed by atoms with Gasteiger partial charge in [0.1, 0.15) is 0 Å². The second-order valence-corrected chi connectivity index (χ2v) is 6.35. The molecule has 2 atom stereocenters. The van der Waals surface area contributed by atoms with Crippen LogP contribution in [0.1, 0.15) is 59.3 Å². The molecule has 0 aromatic heterocycles. The number of carbonyl (C=O) groups is 2. The van der Waals surface area contributed by atoms with Crippen molar-refractivity contribution in [3.63, 3.8) is 0 Å². The van der Waals surface area contributed by atoms with E-state index in [0.717, 1.165) is 32.2 Å². The lowest BCUT2D eigenvalue weighted by Crippen LogP contribution is -2.43. The smallest absolute Gasteiger partial charge is 0.317 e. The Morgan fingerprint density at radius 3 is 2.62 bits per heavy atom. The Bertz CT molecular complexity index is 344. The number of hydrogen-bond donors (Lipinski definition) is 2. The summed E-state index contributed by atoms with van der Waals surface area (Å²) in [5.41, 5.74) is 0. The van der Waals surface area contributed by atoms with Crippen LogP contribution in [0.15, 0.2) is 0 Å². The minimum atomic E-state index is -0.743. The van der Waals surface area contributed by atoms with Crippen molar-refractivity contribution in [3.8, 4) is 0 Å². The van der Waals surface area contributed by atoms with E-state index in [4.69, 9.17) is 5.11 Å². The molecule has 2 N–H and O–H groups in total. The van der Waals surface area contributed by atoms with Crippen molar-refractivity contribution in [2.24, 2.45) is 11.8 Å². The van der Waals surface area contributed by atoms with Gasteiger partial charge in [-0.2, -0.15) is 0 Å². The third-order valence-electron chi connectivity index (χ3n) is 4.57. The number of carbonyl (C=O) groups excluding carboxylic acids is 1. The minimum absolute atomic E-state index is 0.0418. The number of likely N-dealkylation sites (tertiary alicyclic amines) is 1. The maximum atomic E-state index is 12.2. The first-order valence-electron chi connectivity index (χ1n) is 8.22. The molecule has 122 valence electrons. The zero-order valence-corrected chi connectivity index (χ0v) is 13.6. The Kier molecular flexibility index (Phi) is 7.54. The highest BCUT2D eigenvalue weighted by Crippen LogP contribution is 2.22. The Hall–Kier alpha value is -1.26. The van der Waals surface area contributed by atoms with Crippen molar-refractivity contribution in [2.75, 3.05) is 13.1 Å². The molecule has 5 nitrogen and oxygen atoms in total. The molecular weight excluding hydrogens is 268 g/mol. The van der Waals surface area contributed by atoms with E-state index in [1.54, 1.807) is 0 Å². The molecule has 5 heteroatoms. The summed E-state index contributed by atoms with van der Waals surface area (Å²) in [5.74, 6) is 0.0471. The molecule has 1 rings (SSSR count). The van der Waals surface area contributed by atoms with Crippen LogP contribution in [0.3, 0.4) is 0 Å². The summed E-state index contributed by atoms with van der Waals surface area (Å²) in [6.07, 6.45) is 4.96. The van der Waals surface area contributed by atoms with Crippen molar-refractivity contribution in [3.05, 3.63) is 0 Å². The lowest BCUT2D eigenvalue weighted by atomic mass is 9.88. The van der Waals surface area contributed by atoms with Gasteiger partial charge < -0.3 is 15.3 Å². The number of urea groups is 1. The van der Waals surface area contributed by atoms with Crippen LogP contribution in [-0.4, -0.2) is 41.1 Å². The number of amides is 2. The zero-order valence-electron chi connectivity index (χ0n) is 13.6. The van der Waals surface area contributed by atoms with E-state index in [1.807, 2.05) is 4.90 Å². The maximum Gasteiger partial charge on any atom is 0.317 e. The lowest BCUT2D eigenvalue weighted by Gasteiger charge is -2.25. The van der Waals surface area contributed by atoms with Gasteiger partial charge in [0.2, 0.25) is 0 Å². The molecule has 1 fully saturated rings. The SMILES string of the molecule is CCC1CCCN1C(=O)NCCC(CCC(=O)O)C(C)C. The highest BCUT2D eigenvalue weighted by molar-refractivity contribution is 5.74. The van der Waals surface area contributed by atoms with Crippen LogP contribution in [0, 0.1) is 11.8 Å². The van der Waals surface area contributed by atoms with E-state index in [-0.39, 0.29) is 12.5 Å². The first kappa shape index (κ1) is 17.8. The number of carboxylic acids is 1. The van der Waals surface area contributed by atoms with Crippen LogP contribution in [-0.2, 0) is 4.79 Å². The van der Waals surface area contributed by atoms with Gasteiger partial charge in [-0.05, 0) is 43.9 Å². The van der Waals surface area contributed by atoms with Crippen LogP contribution in [0.4, 0.5) is 4.79 Å². The molecule has 2 amide bonds. The predicted molar refractivity (Wildman–Crippen MR) is 83.2 cm³/mol. The van der Waals surface area contributed by atoms with Crippen LogP contribution in [0.25, 0.3) is 0 Å². The van der Waals surface area contributed by atoms with Crippen LogP contribution < -0.4 is 5.32 Å². The summed E-state index contributed by atoms with van der Waals surface area (Å²) < 4.78 is 0. The average molecular weight is 298 g/mol. The van der Waals surface area contributed by atoms with E-state index < -0.39 is 5.97 Å². The molecule has 0 bridgehead atoms. The Balaban J connectivity index is 2.32. The third kappa shape index (κ3) is 5.94. The predicted octanol–water partition coefficient (Wildman–Crippen LogP) is 3.10. The molecule has 2 unspecified atom stereocenters. The Labute approximate surface area is 128 Å². The first-order chi connectivity index (χ1) is 9.95. The van der Waals surface area contributed by atoms with Gasteiger partial charge in [-0.25, -0.2) is 4.79 Å². The van der Waals surface area contributed by atoms with Crippen molar-refractivity contribution in [1.29, 1.82) is 0 Å². The largest absolute Gasteiger partial charge is 0.481 e. The van der Waals surface area contributed by atoms with Gasteiger partial charge in [-0.1, -0.05) is 20.8 Å². The number of rotatable bonds is 8. The summed E-state index contributed by atoms with van der Waals surface area (Å²) in [6.45, 7) is 7.84. The fourth-order valence-corrected chi connectivity index (χ4v) is 3.11. The van der Waals surface area contributed by atoms with Crippen molar-refractivity contribution < 1.29 is 14.7 Å². The van der Waals surface area contributed by atoms with Gasteiger partial charge in [0.05, 0.1) is 0 Å². The quantitative estimate of drug-likeness (QED) is 0.723. The summed E-state index contributed by atoms with van der Waals surface area (Å²) in [6, 6.07) is 0.429. The minimum Gasteiger partial charge on any atom is -0.481 e. The lowest BCUT2D eigenvalue weighted by molar-refractivity contribution is -0.137. The molecule has 0 radical (unpaired) electrons. The standard InChI is InChI=1S/C16H30N2O3/c1-4-14-6-5-11-18(14)16(21)17-10-9-13(12(2)3)7-8-15(19)20/h12-14H,4-11H2,1-3H3,(H,17,21)(H,19,20). The molecule has 21 heavy (non-hydrogen) atoms. The summed E-state index contributed by atoms with van der Waals surface area (Å²) in [7, 11) is 0. The highest BCUT2D eigenvalue weighted by atomic mass is 16.4. The second kappa shape index (κ2) is 8.90. The van der Waals surface area contributed by atoms with E-state index >= 15 is 0 Å². The molecule has 1 saturated heterocycles. The number of carboxylic acid groups (broad SMARTS) is 1. The van der Waals surface area contributed by atoms with E-state index in [2.05, 4.69) is 26.1 Å². The van der Waals surface area contributed by atoms with Gasteiger partial charge in [0.15, 0.2) is 0 Å². The topological polar surface area (TPSA) is 69.6 Å². The van der Waals surface area contributed by atoms with E-state index in [9.17, 15) is 9.59 Å². The number of hydrogen-bond acceptors (Lipinski definition) is 2. The number of nitrogens with one attached hydrogen (secondary N) is 1. The number of aliphatic carboxylic acids is 1. The zero-order chi connectivity index (χ0) is 15.8. The van der Waals surface area contributed by atoms with Gasteiger partial charge in [0.25, 0.3) is 0 Å². The van der Waals surface area contributed by atoms with Crippen LogP contribution in [0.2, 0.25) is 0 Å². The summed E-state index contributed by atoms with van der Waals surface area (Å²) >= 11 is 0. The summed E-state index contributed by atoms with van der Waals surface area (Å²) in [5, 5.41) is 11.8. The molecule has 1 aliphatic rings. The maximum absolute atomic E-state index is 12.2. The van der Waals surface area contributed by atoms with E-state index in [1.165, 1.54) is 0 Å². The molecule has 0 aromatic rings. The van der Waals surface area contributed by atoms with Gasteiger partial charge in [-0.15, -0.1) is 0 Å². The molecule has 1 heterocycles. The Morgan fingerprint density at radius 1 is 1.33 bits per heavy atom. The fourth-order valence-electron chi connectivity index (χ4n) is 3.11. The molecule has 0 aliphatic carbocycles. The summed E-state index contributed by atoms with van der Waals surface area (Å²) in [4.78, 5) is 24.8. The van der Waals surface area contributed by atoms with Crippen LogP contribution in [0.5, 0.6) is 0 Å². The third-order valence-corrected chi connectivity index (χ3v) is 4.57. The monoisotopic (exact) mass is 298 g/mol. The molecule has 0 spiro atoms. The normalized spacial score (nSPS) is 19.8. The molecule has 1 aliphatic heterocycles. The highest BCUT2D eigenvalue weighted by Gasteiger charge is 2.27. The van der Waals surface area contributed by atoms with Gasteiger partial charge >= 0.3 is 12.0 Å². The average Bonchev–Trinajstić information content (AvgIpc) is 2.90. The van der Waals surface area contributed by atoms with Crippen molar-refractivity contribution in [2.45, 2.75) is 65.3 Å². The van der Waals surface area contributed by atoms with Crippen LogP contribution >= 0.6 is 0 Å². The first-order valence-corrected chi connectivity index (χ1v) is 8.22. The fraction of sp³-hybridized carbons (Fsp3) is 0.875. The number of nitrogens with zero attached hydrogens (tertiary/aromatic N) is 1. The van der Waals surface area contributed by atoms with Crippen molar-refractivity contribution >= 4 is 12.0 Å². The molecule has 0 saturated carbocycles. The second-order valence-electron chi connectivity index (χ2n) is 6.35. The Morgan fingerprint density at radius 2 is 2.05 bits per heavy atom. The van der Waals surface area contributed by atoms with Gasteiger partial charge in [0, 0.05) is 25.6 Å². The van der Waals surface area contributed by atoms with Crippen molar-refractivity contribution in [1.82, 2.24) is 10.2 Å². The molecular formula is C16H30N2O3. The van der Waals surface area contributed by atoms with E-state index in [0.29, 0.717) is 30.8 Å².